The Labute approximate surface area is 117 Å². The van der Waals surface area contributed by atoms with Crippen molar-refractivity contribution in [1.82, 2.24) is 4.72 Å². The van der Waals surface area contributed by atoms with Crippen LogP contribution in [0.2, 0.25) is 0 Å². The number of amides is 1. The van der Waals surface area contributed by atoms with E-state index in [0.29, 0.717) is 5.69 Å². The largest absolute Gasteiger partial charge is 0.481 e. The number of nitrogens with one attached hydrogen (secondary N) is 2. The van der Waals surface area contributed by atoms with Crippen LogP contribution in [-0.2, 0) is 19.6 Å². The van der Waals surface area contributed by atoms with Gasteiger partial charge in [0.2, 0.25) is 15.9 Å². The molecule has 0 aliphatic rings. The van der Waals surface area contributed by atoms with Crippen molar-refractivity contribution in [3.8, 4) is 0 Å². The van der Waals surface area contributed by atoms with Gasteiger partial charge in [0.15, 0.2) is 0 Å². The molecule has 0 aliphatic heterocycles. The van der Waals surface area contributed by atoms with E-state index in [4.69, 9.17) is 5.11 Å². The fraction of sp³-hybridized carbons (Fsp3) is 0.333. The molecular formula is C12H16N2O5S. The molecule has 0 heterocycles. The molecular weight excluding hydrogens is 284 g/mol. The van der Waals surface area contributed by atoms with E-state index in [9.17, 15) is 18.0 Å². The Bertz CT molecular complexity index is 593. The van der Waals surface area contributed by atoms with Gasteiger partial charge in [-0.1, -0.05) is 0 Å². The first-order valence-electron chi connectivity index (χ1n) is 5.85. The van der Waals surface area contributed by atoms with Crippen molar-refractivity contribution in [2.24, 2.45) is 0 Å². The molecule has 1 amide bonds. The number of anilines is 1. The number of carbonyl (C=O) groups is 2. The van der Waals surface area contributed by atoms with E-state index in [1.54, 1.807) is 13.8 Å². The molecule has 8 heteroatoms. The molecule has 0 atom stereocenters. The fourth-order valence-electron chi connectivity index (χ4n) is 1.44. The lowest BCUT2D eigenvalue weighted by Gasteiger charge is -2.10. The lowest BCUT2D eigenvalue weighted by atomic mass is 10.3. The van der Waals surface area contributed by atoms with E-state index >= 15 is 0 Å². The van der Waals surface area contributed by atoms with Gasteiger partial charge < -0.3 is 10.4 Å². The zero-order valence-electron chi connectivity index (χ0n) is 11.1. The molecule has 3 N–H and O–H groups in total. The second-order valence-corrected chi connectivity index (χ2v) is 6.13. The highest BCUT2D eigenvalue weighted by Gasteiger charge is 2.15. The van der Waals surface area contributed by atoms with E-state index in [1.807, 2.05) is 0 Å². The van der Waals surface area contributed by atoms with E-state index in [-0.39, 0.29) is 10.9 Å². The highest BCUT2D eigenvalue weighted by molar-refractivity contribution is 7.89. The van der Waals surface area contributed by atoms with Gasteiger partial charge in [-0.2, -0.15) is 0 Å². The Morgan fingerprint density at radius 2 is 1.75 bits per heavy atom. The van der Waals surface area contributed by atoms with Crippen molar-refractivity contribution in [2.75, 3.05) is 5.32 Å². The average Bonchev–Trinajstić information content (AvgIpc) is 2.26. The van der Waals surface area contributed by atoms with Crippen LogP contribution in [0.5, 0.6) is 0 Å². The molecule has 1 aromatic rings. The number of carbonyl (C=O) groups excluding carboxylic acids is 1. The molecule has 1 rings (SSSR count). The maximum Gasteiger partial charge on any atom is 0.312 e. The second kappa shape index (κ2) is 6.49. The van der Waals surface area contributed by atoms with Crippen LogP contribution in [0, 0.1) is 0 Å². The Balaban J connectivity index is 2.79. The van der Waals surface area contributed by atoms with Crippen LogP contribution in [0.3, 0.4) is 0 Å². The zero-order valence-corrected chi connectivity index (χ0v) is 11.9. The first-order valence-corrected chi connectivity index (χ1v) is 7.33. The predicted molar refractivity (Wildman–Crippen MR) is 72.8 cm³/mol. The highest BCUT2D eigenvalue weighted by atomic mass is 32.2. The van der Waals surface area contributed by atoms with Crippen molar-refractivity contribution < 1.29 is 23.1 Å². The summed E-state index contributed by atoms with van der Waals surface area (Å²) < 4.78 is 26.1. The maximum atomic E-state index is 11.8. The van der Waals surface area contributed by atoms with Crippen molar-refractivity contribution in [3.05, 3.63) is 24.3 Å². The molecule has 0 saturated heterocycles. The van der Waals surface area contributed by atoms with E-state index < -0.39 is 28.3 Å². The molecule has 0 aromatic heterocycles. The Morgan fingerprint density at radius 3 is 2.20 bits per heavy atom. The summed E-state index contributed by atoms with van der Waals surface area (Å²) in [5.74, 6) is -1.91. The minimum absolute atomic E-state index is 0.0717. The van der Waals surface area contributed by atoms with Gasteiger partial charge in [0.05, 0.1) is 4.90 Å². The summed E-state index contributed by atoms with van der Waals surface area (Å²) in [5, 5.41) is 10.8. The molecule has 110 valence electrons. The van der Waals surface area contributed by atoms with E-state index in [2.05, 4.69) is 10.0 Å². The van der Waals surface area contributed by atoms with E-state index in [1.165, 1.54) is 24.3 Å². The van der Waals surface area contributed by atoms with Gasteiger partial charge in [-0.25, -0.2) is 13.1 Å². The Morgan fingerprint density at radius 1 is 1.20 bits per heavy atom. The molecule has 7 nitrogen and oxygen atoms in total. The van der Waals surface area contributed by atoms with Crippen molar-refractivity contribution in [1.29, 1.82) is 0 Å². The Hall–Kier alpha value is -1.93. The topological polar surface area (TPSA) is 113 Å². The maximum absolute atomic E-state index is 11.8. The highest BCUT2D eigenvalue weighted by Crippen LogP contribution is 2.14. The van der Waals surface area contributed by atoms with Crippen molar-refractivity contribution in [2.45, 2.75) is 31.2 Å². The van der Waals surface area contributed by atoms with Crippen LogP contribution in [0.1, 0.15) is 20.3 Å². The lowest BCUT2D eigenvalue weighted by Crippen LogP contribution is -2.30. The number of rotatable bonds is 6. The standard InChI is InChI=1S/C12H16N2O5S/c1-8(2)14-20(18,19)10-5-3-9(4-6-10)13-11(15)7-12(16)17/h3-6,8,14H,7H2,1-2H3,(H,13,15)(H,16,17). The van der Waals surface area contributed by atoms with Gasteiger partial charge in [0.25, 0.3) is 0 Å². The summed E-state index contributed by atoms with van der Waals surface area (Å²) >= 11 is 0. The van der Waals surface area contributed by atoms with Crippen LogP contribution in [-0.4, -0.2) is 31.4 Å². The number of carboxylic acids is 1. The summed E-state index contributed by atoms with van der Waals surface area (Å²) in [5.41, 5.74) is 0.333. The van der Waals surface area contributed by atoms with Crippen molar-refractivity contribution in [3.63, 3.8) is 0 Å². The summed E-state index contributed by atoms with van der Waals surface area (Å²) in [6.45, 7) is 3.41. The summed E-state index contributed by atoms with van der Waals surface area (Å²) in [4.78, 5) is 21.6. The van der Waals surface area contributed by atoms with Crippen molar-refractivity contribution >= 4 is 27.6 Å². The molecule has 0 bridgehead atoms. The zero-order chi connectivity index (χ0) is 15.3. The monoisotopic (exact) mass is 300 g/mol. The summed E-state index contributed by atoms with van der Waals surface area (Å²) in [6.07, 6.45) is -0.644. The molecule has 1 aromatic carbocycles. The molecule has 20 heavy (non-hydrogen) atoms. The number of carboxylic acid groups (broad SMARTS) is 1. The van der Waals surface area contributed by atoms with Crippen LogP contribution in [0.4, 0.5) is 5.69 Å². The lowest BCUT2D eigenvalue weighted by molar-refractivity contribution is -0.139. The number of benzene rings is 1. The molecule has 0 unspecified atom stereocenters. The van der Waals surface area contributed by atoms with Gasteiger partial charge in [0, 0.05) is 11.7 Å². The normalized spacial score (nSPS) is 11.3. The molecule has 0 aliphatic carbocycles. The summed E-state index contributed by atoms with van der Waals surface area (Å²) in [6, 6.07) is 5.24. The van der Waals surface area contributed by atoms with Crippen LogP contribution in [0.25, 0.3) is 0 Å². The molecule has 0 spiro atoms. The third kappa shape index (κ3) is 4.98. The number of sulfonamides is 1. The SMILES string of the molecule is CC(C)NS(=O)(=O)c1ccc(NC(=O)CC(=O)O)cc1. The first-order chi connectivity index (χ1) is 9.20. The van der Waals surface area contributed by atoms with Crippen LogP contribution < -0.4 is 10.0 Å². The molecule has 0 radical (unpaired) electrons. The third-order valence-electron chi connectivity index (χ3n) is 2.15. The van der Waals surface area contributed by atoms with Crippen LogP contribution >= 0.6 is 0 Å². The van der Waals surface area contributed by atoms with Crippen LogP contribution in [0.15, 0.2) is 29.2 Å². The molecule has 0 fully saturated rings. The first kappa shape index (κ1) is 16.1. The van der Waals surface area contributed by atoms with Gasteiger partial charge in [-0.15, -0.1) is 0 Å². The average molecular weight is 300 g/mol. The molecule has 0 saturated carbocycles. The predicted octanol–water partition coefficient (Wildman–Crippen LogP) is 0.786. The smallest absolute Gasteiger partial charge is 0.312 e. The minimum Gasteiger partial charge on any atom is -0.481 e. The van der Waals surface area contributed by atoms with Gasteiger partial charge >= 0.3 is 5.97 Å². The second-order valence-electron chi connectivity index (χ2n) is 4.42. The quantitative estimate of drug-likeness (QED) is 0.672. The third-order valence-corrected chi connectivity index (χ3v) is 3.83. The number of hydrogen-bond acceptors (Lipinski definition) is 4. The van der Waals surface area contributed by atoms with Gasteiger partial charge in [-0.05, 0) is 38.1 Å². The van der Waals surface area contributed by atoms with Gasteiger partial charge in [0.1, 0.15) is 6.42 Å². The summed E-state index contributed by atoms with van der Waals surface area (Å²) in [7, 11) is -3.58. The van der Waals surface area contributed by atoms with Gasteiger partial charge in [-0.3, -0.25) is 9.59 Å². The van der Waals surface area contributed by atoms with E-state index in [0.717, 1.165) is 0 Å². The number of hydrogen-bond donors (Lipinski definition) is 3. The Kier molecular flexibility index (Phi) is 5.23. The minimum atomic E-state index is -3.58. The fourth-order valence-corrected chi connectivity index (χ4v) is 2.69. The number of aliphatic carboxylic acids is 1.